The summed E-state index contributed by atoms with van der Waals surface area (Å²) >= 11 is 0. The Balaban J connectivity index is 2.11. The van der Waals surface area contributed by atoms with Crippen molar-refractivity contribution in [3.63, 3.8) is 0 Å². The van der Waals surface area contributed by atoms with E-state index in [1.54, 1.807) is 0 Å². The van der Waals surface area contributed by atoms with Crippen molar-refractivity contribution in [2.75, 3.05) is 0 Å². The molecule has 0 spiro atoms. The smallest absolute Gasteiger partial charge is 0.125 e. The molecule has 0 fully saturated rings. The Bertz CT molecular complexity index is 982. The molecule has 0 saturated heterocycles. The van der Waals surface area contributed by atoms with Crippen LogP contribution in [0.4, 0.5) is 0 Å². The summed E-state index contributed by atoms with van der Waals surface area (Å²) in [7, 11) is 0. The highest BCUT2D eigenvalue weighted by atomic mass is 15.0. The molecule has 4 aromatic rings. The first kappa shape index (κ1) is 13.3. The van der Waals surface area contributed by atoms with Gasteiger partial charge in [-0.25, -0.2) is 9.97 Å². The number of aromatic nitrogens is 3. The lowest BCUT2D eigenvalue weighted by Gasteiger charge is -2.07. The Hall–Kier alpha value is -2.42. The van der Waals surface area contributed by atoms with Crippen LogP contribution in [0, 0.1) is 6.92 Å². The van der Waals surface area contributed by atoms with Crippen LogP contribution in [0.5, 0.6) is 0 Å². The van der Waals surface area contributed by atoms with Crippen molar-refractivity contribution in [3.05, 3.63) is 48.4 Å². The molecule has 0 radical (unpaired) electrons. The zero-order valence-corrected chi connectivity index (χ0v) is 13.0. The number of hydrogen-bond donors (Lipinski definition) is 0. The van der Waals surface area contributed by atoms with Gasteiger partial charge in [-0.15, -0.1) is 0 Å². The molecule has 110 valence electrons. The van der Waals surface area contributed by atoms with Crippen LogP contribution in [0.1, 0.15) is 25.6 Å². The van der Waals surface area contributed by atoms with E-state index >= 15 is 0 Å². The van der Waals surface area contributed by atoms with Crippen LogP contribution in [-0.2, 0) is 6.54 Å². The monoisotopic (exact) mass is 289 g/mol. The van der Waals surface area contributed by atoms with Crippen LogP contribution in [0.25, 0.3) is 32.7 Å². The zero-order chi connectivity index (χ0) is 15.1. The molecule has 0 amide bonds. The van der Waals surface area contributed by atoms with Gasteiger partial charge in [0, 0.05) is 34.4 Å². The van der Waals surface area contributed by atoms with Gasteiger partial charge in [-0.3, -0.25) is 0 Å². The first-order chi connectivity index (χ1) is 10.8. The highest BCUT2D eigenvalue weighted by molar-refractivity contribution is 6.12. The molecule has 0 saturated carbocycles. The van der Waals surface area contributed by atoms with E-state index in [1.807, 2.05) is 13.1 Å². The van der Waals surface area contributed by atoms with E-state index in [0.29, 0.717) is 0 Å². The van der Waals surface area contributed by atoms with E-state index in [1.165, 1.54) is 34.6 Å². The molecule has 2 heterocycles. The van der Waals surface area contributed by atoms with Gasteiger partial charge in [-0.05, 0) is 31.5 Å². The van der Waals surface area contributed by atoms with Gasteiger partial charge >= 0.3 is 0 Å². The van der Waals surface area contributed by atoms with Crippen molar-refractivity contribution in [2.24, 2.45) is 0 Å². The number of nitrogens with zero attached hydrogens (tertiary/aromatic N) is 3. The second kappa shape index (κ2) is 5.09. The highest BCUT2D eigenvalue weighted by Crippen LogP contribution is 2.32. The van der Waals surface area contributed by atoms with E-state index in [2.05, 4.69) is 57.9 Å². The van der Waals surface area contributed by atoms with Gasteiger partial charge in [0.25, 0.3) is 0 Å². The van der Waals surface area contributed by atoms with E-state index in [-0.39, 0.29) is 0 Å². The lowest BCUT2D eigenvalue weighted by Crippen LogP contribution is -1.97. The lowest BCUT2D eigenvalue weighted by molar-refractivity contribution is 0.665. The average molecular weight is 289 g/mol. The third-order valence-electron chi connectivity index (χ3n) is 4.33. The van der Waals surface area contributed by atoms with Gasteiger partial charge in [-0.1, -0.05) is 31.5 Å². The van der Waals surface area contributed by atoms with Crippen molar-refractivity contribution >= 4 is 32.7 Å². The van der Waals surface area contributed by atoms with Crippen LogP contribution in [0.3, 0.4) is 0 Å². The molecule has 3 nitrogen and oxygen atoms in total. The van der Waals surface area contributed by atoms with Gasteiger partial charge < -0.3 is 4.57 Å². The Morgan fingerprint density at radius 3 is 2.77 bits per heavy atom. The number of hydrogen-bond acceptors (Lipinski definition) is 2. The van der Waals surface area contributed by atoms with Crippen LogP contribution < -0.4 is 0 Å². The number of para-hydroxylation sites is 1. The van der Waals surface area contributed by atoms with Crippen LogP contribution in [-0.4, -0.2) is 14.5 Å². The van der Waals surface area contributed by atoms with Crippen molar-refractivity contribution in [2.45, 2.75) is 33.2 Å². The maximum absolute atomic E-state index is 4.59. The van der Waals surface area contributed by atoms with Crippen molar-refractivity contribution in [3.8, 4) is 0 Å². The summed E-state index contributed by atoms with van der Waals surface area (Å²) in [5.74, 6) is 0.822. The van der Waals surface area contributed by atoms with E-state index in [9.17, 15) is 0 Å². The molecule has 0 aliphatic rings. The van der Waals surface area contributed by atoms with Crippen molar-refractivity contribution < 1.29 is 0 Å². The van der Waals surface area contributed by atoms with Crippen molar-refractivity contribution in [1.29, 1.82) is 0 Å². The lowest BCUT2D eigenvalue weighted by atomic mass is 10.1. The Morgan fingerprint density at radius 2 is 1.91 bits per heavy atom. The summed E-state index contributed by atoms with van der Waals surface area (Å²) in [5.41, 5.74) is 3.62. The summed E-state index contributed by atoms with van der Waals surface area (Å²) in [5, 5.41) is 3.72. The predicted octanol–water partition coefficient (Wildman–Crippen LogP) is 4.85. The van der Waals surface area contributed by atoms with E-state index in [4.69, 9.17) is 0 Å². The molecular formula is C19H19N3. The fourth-order valence-corrected chi connectivity index (χ4v) is 3.22. The molecule has 0 aliphatic carbocycles. The standard InChI is InChI=1S/C19H19N3/c1-3-4-9-22-18-8-6-5-7-15(18)16-10-14-12-20-13(2)21-17(14)11-19(16)22/h5-8,10-12H,3-4,9H2,1-2H3. The minimum Gasteiger partial charge on any atom is -0.340 e. The molecular weight excluding hydrogens is 270 g/mol. The summed E-state index contributed by atoms with van der Waals surface area (Å²) in [6.07, 6.45) is 4.31. The summed E-state index contributed by atoms with van der Waals surface area (Å²) in [6.45, 7) is 5.23. The summed E-state index contributed by atoms with van der Waals surface area (Å²) < 4.78 is 2.44. The third kappa shape index (κ3) is 1.97. The quantitative estimate of drug-likeness (QED) is 0.540. The molecule has 0 unspecified atom stereocenters. The van der Waals surface area contributed by atoms with Crippen LogP contribution in [0.15, 0.2) is 42.6 Å². The molecule has 0 bridgehead atoms. The number of unbranched alkanes of at least 4 members (excludes halogenated alkanes) is 1. The molecule has 3 heteroatoms. The maximum atomic E-state index is 4.59. The molecule has 0 aliphatic heterocycles. The fourth-order valence-electron chi connectivity index (χ4n) is 3.22. The number of benzene rings is 2. The SMILES string of the molecule is CCCCn1c2ccccc2c2cc3cnc(C)nc3cc21. The number of rotatable bonds is 3. The fraction of sp³-hybridized carbons (Fsp3) is 0.263. The Morgan fingerprint density at radius 1 is 1.05 bits per heavy atom. The first-order valence-corrected chi connectivity index (χ1v) is 7.92. The third-order valence-corrected chi connectivity index (χ3v) is 4.33. The van der Waals surface area contributed by atoms with E-state index in [0.717, 1.165) is 23.3 Å². The predicted molar refractivity (Wildman–Crippen MR) is 92.2 cm³/mol. The Labute approximate surface area is 129 Å². The molecule has 2 aromatic heterocycles. The largest absolute Gasteiger partial charge is 0.340 e. The molecule has 22 heavy (non-hydrogen) atoms. The first-order valence-electron chi connectivity index (χ1n) is 7.92. The van der Waals surface area contributed by atoms with Gasteiger partial charge in [0.15, 0.2) is 0 Å². The number of aryl methyl sites for hydroxylation is 2. The van der Waals surface area contributed by atoms with E-state index < -0.39 is 0 Å². The minimum atomic E-state index is 0.822. The Kier molecular flexibility index (Phi) is 3.07. The highest BCUT2D eigenvalue weighted by Gasteiger charge is 2.11. The van der Waals surface area contributed by atoms with Gasteiger partial charge in [0.1, 0.15) is 5.82 Å². The normalized spacial score (nSPS) is 11.7. The van der Waals surface area contributed by atoms with Crippen LogP contribution >= 0.6 is 0 Å². The van der Waals surface area contributed by atoms with Gasteiger partial charge in [0.05, 0.1) is 11.0 Å². The zero-order valence-electron chi connectivity index (χ0n) is 13.0. The second-order valence-electron chi connectivity index (χ2n) is 5.87. The second-order valence-corrected chi connectivity index (χ2v) is 5.87. The minimum absolute atomic E-state index is 0.822. The van der Waals surface area contributed by atoms with Crippen LogP contribution in [0.2, 0.25) is 0 Å². The van der Waals surface area contributed by atoms with Gasteiger partial charge in [-0.2, -0.15) is 0 Å². The molecule has 2 aromatic carbocycles. The molecule has 0 atom stereocenters. The number of fused-ring (bicyclic) bond motifs is 4. The molecule has 0 N–H and O–H groups in total. The maximum Gasteiger partial charge on any atom is 0.125 e. The summed E-state index contributed by atoms with van der Waals surface area (Å²) in [4.78, 5) is 8.93. The topological polar surface area (TPSA) is 30.7 Å². The summed E-state index contributed by atoms with van der Waals surface area (Å²) in [6, 6.07) is 13.1. The van der Waals surface area contributed by atoms with Crippen molar-refractivity contribution in [1.82, 2.24) is 14.5 Å². The molecule has 4 rings (SSSR count). The average Bonchev–Trinajstić information content (AvgIpc) is 2.84. The van der Waals surface area contributed by atoms with Gasteiger partial charge in [0.2, 0.25) is 0 Å².